The Morgan fingerprint density at radius 2 is 1.77 bits per heavy atom. The van der Waals surface area contributed by atoms with Crippen LogP contribution in [-0.2, 0) is 6.18 Å². The SMILES string of the molecule is CCSc1nccc(C(F)(F)F)c1C(=O)N(CC)c1c(C)cccc1C. The number of nitrogens with zero attached hydrogens (tertiary/aromatic N) is 2. The average molecular weight is 382 g/mol. The van der Waals surface area contributed by atoms with Crippen molar-refractivity contribution in [3.05, 3.63) is 52.7 Å². The summed E-state index contributed by atoms with van der Waals surface area (Å²) in [6.45, 7) is 7.50. The second-order valence-electron chi connectivity index (χ2n) is 5.76. The Balaban J connectivity index is 2.67. The zero-order chi connectivity index (χ0) is 19.5. The number of amides is 1. The maximum absolute atomic E-state index is 13.5. The van der Waals surface area contributed by atoms with Crippen molar-refractivity contribution in [3.63, 3.8) is 0 Å². The van der Waals surface area contributed by atoms with Crippen LogP contribution in [0.15, 0.2) is 35.5 Å². The lowest BCUT2D eigenvalue weighted by Crippen LogP contribution is -2.34. The lowest BCUT2D eigenvalue weighted by molar-refractivity contribution is -0.138. The highest BCUT2D eigenvalue weighted by molar-refractivity contribution is 7.99. The van der Waals surface area contributed by atoms with Gasteiger partial charge in [-0.05, 0) is 43.7 Å². The first-order chi connectivity index (χ1) is 12.2. The highest BCUT2D eigenvalue weighted by Crippen LogP contribution is 2.37. The molecule has 2 aromatic rings. The van der Waals surface area contributed by atoms with Gasteiger partial charge in [-0.15, -0.1) is 11.8 Å². The molecule has 1 aromatic carbocycles. The lowest BCUT2D eigenvalue weighted by atomic mass is 10.0. The van der Waals surface area contributed by atoms with Crippen LogP contribution in [0.2, 0.25) is 0 Å². The van der Waals surface area contributed by atoms with Gasteiger partial charge < -0.3 is 4.90 Å². The summed E-state index contributed by atoms with van der Waals surface area (Å²) in [6, 6.07) is 6.41. The molecule has 0 unspecified atom stereocenters. The van der Waals surface area contributed by atoms with Crippen LogP contribution in [0.5, 0.6) is 0 Å². The molecule has 0 fully saturated rings. The third-order valence-corrected chi connectivity index (χ3v) is 4.86. The van der Waals surface area contributed by atoms with Crippen molar-refractivity contribution in [2.75, 3.05) is 17.2 Å². The summed E-state index contributed by atoms with van der Waals surface area (Å²) >= 11 is 1.13. The van der Waals surface area contributed by atoms with Crippen LogP contribution >= 0.6 is 11.8 Å². The molecule has 0 saturated heterocycles. The molecule has 26 heavy (non-hydrogen) atoms. The van der Waals surface area contributed by atoms with Gasteiger partial charge in [0.1, 0.15) is 5.03 Å². The Hall–Kier alpha value is -2.02. The molecule has 0 saturated carbocycles. The Labute approximate surface area is 155 Å². The van der Waals surface area contributed by atoms with Gasteiger partial charge in [-0.25, -0.2) is 4.98 Å². The van der Waals surface area contributed by atoms with Crippen LogP contribution in [0.3, 0.4) is 0 Å². The largest absolute Gasteiger partial charge is 0.417 e. The van der Waals surface area contributed by atoms with Gasteiger partial charge in [0, 0.05) is 18.4 Å². The number of benzene rings is 1. The van der Waals surface area contributed by atoms with E-state index in [1.807, 2.05) is 39.0 Å². The van der Waals surface area contributed by atoms with Gasteiger partial charge in [-0.1, -0.05) is 25.1 Å². The number of anilines is 1. The number of hydrogen-bond acceptors (Lipinski definition) is 3. The molecule has 0 aliphatic carbocycles. The molecule has 0 spiro atoms. The third kappa shape index (κ3) is 4.03. The predicted molar refractivity (Wildman–Crippen MR) is 98.9 cm³/mol. The summed E-state index contributed by atoms with van der Waals surface area (Å²) < 4.78 is 40.6. The standard InChI is InChI=1S/C19H21F3N2OS/c1-5-24(16-12(3)8-7-9-13(16)4)18(25)15-14(19(20,21)22)10-11-23-17(15)26-6-2/h7-11H,5-6H2,1-4H3. The van der Waals surface area contributed by atoms with Crippen LogP contribution in [0.25, 0.3) is 0 Å². The summed E-state index contributed by atoms with van der Waals surface area (Å²) in [5, 5.41) is 0.108. The normalized spacial score (nSPS) is 11.5. The van der Waals surface area contributed by atoms with Gasteiger partial charge in [0.2, 0.25) is 0 Å². The quantitative estimate of drug-likeness (QED) is 0.641. The lowest BCUT2D eigenvalue weighted by Gasteiger charge is -2.27. The molecule has 1 amide bonds. The fourth-order valence-electron chi connectivity index (χ4n) is 2.90. The van der Waals surface area contributed by atoms with Gasteiger partial charge in [-0.2, -0.15) is 13.2 Å². The molecule has 140 valence electrons. The molecular formula is C19H21F3N2OS. The highest BCUT2D eigenvalue weighted by Gasteiger charge is 2.38. The van der Waals surface area contributed by atoms with Crippen molar-refractivity contribution in [1.82, 2.24) is 4.98 Å². The number of aromatic nitrogens is 1. The smallest absolute Gasteiger partial charge is 0.308 e. The molecule has 0 aliphatic heterocycles. The van der Waals surface area contributed by atoms with Crippen molar-refractivity contribution in [1.29, 1.82) is 0 Å². The molecule has 2 rings (SSSR count). The van der Waals surface area contributed by atoms with E-state index in [1.54, 1.807) is 6.92 Å². The highest BCUT2D eigenvalue weighted by atomic mass is 32.2. The molecule has 0 N–H and O–H groups in total. The zero-order valence-electron chi connectivity index (χ0n) is 15.1. The second-order valence-corrected chi connectivity index (χ2v) is 7.01. The second kappa shape index (κ2) is 8.12. The maximum atomic E-state index is 13.5. The number of aryl methyl sites for hydroxylation is 2. The summed E-state index contributed by atoms with van der Waals surface area (Å²) in [7, 11) is 0. The van der Waals surface area contributed by atoms with E-state index in [-0.39, 0.29) is 17.1 Å². The minimum absolute atomic E-state index is 0.108. The topological polar surface area (TPSA) is 33.2 Å². The summed E-state index contributed by atoms with van der Waals surface area (Å²) in [4.78, 5) is 18.7. The average Bonchev–Trinajstić information content (AvgIpc) is 2.57. The Morgan fingerprint density at radius 1 is 1.15 bits per heavy atom. The van der Waals surface area contributed by atoms with Crippen LogP contribution in [0.1, 0.15) is 40.9 Å². The zero-order valence-corrected chi connectivity index (χ0v) is 16.0. The van der Waals surface area contributed by atoms with Crippen molar-refractivity contribution < 1.29 is 18.0 Å². The fraction of sp³-hybridized carbons (Fsp3) is 0.368. The van der Waals surface area contributed by atoms with Crippen molar-refractivity contribution in [2.45, 2.75) is 38.9 Å². The van der Waals surface area contributed by atoms with Gasteiger partial charge in [0.15, 0.2) is 0 Å². The molecule has 0 radical (unpaired) electrons. The van der Waals surface area contributed by atoms with Crippen molar-refractivity contribution in [3.8, 4) is 0 Å². The number of carbonyl (C=O) groups is 1. The van der Waals surface area contributed by atoms with E-state index < -0.39 is 17.6 Å². The molecule has 0 aliphatic rings. The maximum Gasteiger partial charge on any atom is 0.417 e. The Morgan fingerprint density at radius 3 is 2.27 bits per heavy atom. The van der Waals surface area contributed by atoms with E-state index in [0.29, 0.717) is 11.4 Å². The van der Waals surface area contributed by atoms with Gasteiger partial charge in [0.25, 0.3) is 5.91 Å². The third-order valence-electron chi connectivity index (χ3n) is 3.99. The van der Waals surface area contributed by atoms with E-state index in [4.69, 9.17) is 0 Å². The fourth-order valence-corrected chi connectivity index (χ4v) is 3.65. The number of halogens is 3. The van der Waals surface area contributed by atoms with Gasteiger partial charge in [0.05, 0.1) is 11.1 Å². The number of alkyl halides is 3. The Kier molecular flexibility index (Phi) is 6.34. The van der Waals surface area contributed by atoms with Crippen LogP contribution in [0.4, 0.5) is 18.9 Å². The number of carbonyl (C=O) groups excluding carboxylic acids is 1. The summed E-state index contributed by atoms with van der Waals surface area (Å²) in [5.41, 5.74) is 0.989. The van der Waals surface area contributed by atoms with E-state index in [9.17, 15) is 18.0 Å². The first-order valence-corrected chi connectivity index (χ1v) is 9.27. The first-order valence-electron chi connectivity index (χ1n) is 8.29. The van der Waals surface area contributed by atoms with E-state index >= 15 is 0 Å². The summed E-state index contributed by atoms with van der Waals surface area (Å²) in [6.07, 6.45) is -3.52. The molecular weight excluding hydrogens is 361 g/mol. The van der Waals surface area contributed by atoms with Crippen LogP contribution < -0.4 is 4.90 Å². The molecule has 3 nitrogen and oxygen atoms in total. The van der Waals surface area contributed by atoms with E-state index in [1.165, 1.54) is 4.90 Å². The predicted octanol–water partition coefficient (Wildman–Crippen LogP) is 5.50. The van der Waals surface area contributed by atoms with Gasteiger partial charge in [-0.3, -0.25) is 4.79 Å². The minimum Gasteiger partial charge on any atom is -0.308 e. The number of hydrogen-bond donors (Lipinski definition) is 0. The molecule has 0 atom stereocenters. The molecule has 0 bridgehead atoms. The van der Waals surface area contributed by atoms with E-state index in [2.05, 4.69) is 4.98 Å². The Bertz CT molecular complexity index is 786. The molecule has 7 heteroatoms. The number of para-hydroxylation sites is 1. The number of thioether (sulfide) groups is 1. The minimum atomic E-state index is -4.63. The van der Waals surface area contributed by atoms with Crippen molar-refractivity contribution in [2.24, 2.45) is 0 Å². The number of rotatable bonds is 5. The monoisotopic (exact) mass is 382 g/mol. The van der Waals surface area contributed by atoms with Crippen LogP contribution in [-0.4, -0.2) is 23.2 Å². The van der Waals surface area contributed by atoms with E-state index in [0.717, 1.165) is 35.2 Å². The number of pyridine rings is 1. The van der Waals surface area contributed by atoms with Gasteiger partial charge >= 0.3 is 6.18 Å². The first kappa shape index (κ1) is 20.3. The summed E-state index contributed by atoms with van der Waals surface area (Å²) in [5.74, 6) is -0.161. The van der Waals surface area contributed by atoms with Crippen LogP contribution in [0, 0.1) is 13.8 Å². The van der Waals surface area contributed by atoms with Crippen molar-refractivity contribution >= 4 is 23.4 Å². The molecule has 1 heterocycles. The molecule has 1 aromatic heterocycles.